The highest BCUT2D eigenvalue weighted by atomic mass is 17.1. The van der Waals surface area contributed by atoms with Gasteiger partial charge in [0.1, 0.15) is 12.7 Å². The topological polar surface area (TPSA) is 112 Å². The fourth-order valence-corrected chi connectivity index (χ4v) is 1.41. The van der Waals surface area contributed by atoms with Crippen molar-refractivity contribution in [2.45, 2.75) is 12.7 Å². The van der Waals surface area contributed by atoms with Gasteiger partial charge in [0.25, 0.3) is 0 Å². The zero-order valence-electron chi connectivity index (χ0n) is 10.4. The molecule has 19 heavy (non-hydrogen) atoms. The zero-order valence-corrected chi connectivity index (χ0v) is 10.4. The number of hydrogen-bond acceptors (Lipinski definition) is 6. The summed E-state index contributed by atoms with van der Waals surface area (Å²) < 4.78 is 0. The molecule has 0 spiro atoms. The molecule has 0 fully saturated rings. The summed E-state index contributed by atoms with van der Waals surface area (Å²) in [6, 6.07) is 6.49. The highest BCUT2D eigenvalue weighted by Gasteiger charge is 2.12. The number of carbonyl (C=O) groups excluding carboxylic acids is 1. The Morgan fingerprint density at radius 1 is 1.32 bits per heavy atom. The van der Waals surface area contributed by atoms with Crippen molar-refractivity contribution >= 4 is 6.03 Å². The van der Waals surface area contributed by atoms with Gasteiger partial charge in [-0.05, 0) is 11.1 Å². The van der Waals surface area contributed by atoms with Crippen molar-refractivity contribution in [2.75, 3.05) is 13.6 Å². The molecule has 5 N–H and O–H groups in total. The molecule has 0 radical (unpaired) electrons. The van der Waals surface area contributed by atoms with Crippen LogP contribution < -0.4 is 16.2 Å². The largest absolute Gasteiger partial charge is 0.340 e. The number of urea groups is 1. The summed E-state index contributed by atoms with van der Waals surface area (Å²) in [4.78, 5) is 19.3. The summed E-state index contributed by atoms with van der Waals surface area (Å²) in [6.07, 6.45) is -0.638. The first-order valence-corrected chi connectivity index (χ1v) is 5.57. The quantitative estimate of drug-likeness (QED) is 0.367. The predicted molar refractivity (Wildman–Crippen MR) is 65.9 cm³/mol. The van der Waals surface area contributed by atoms with Gasteiger partial charge in [-0.15, -0.1) is 0 Å². The number of amides is 2. The number of nitrogens with one attached hydrogen (secondary N) is 3. The lowest BCUT2D eigenvalue weighted by molar-refractivity contribution is -0.280. The van der Waals surface area contributed by atoms with Crippen LogP contribution in [0.1, 0.15) is 17.2 Å². The van der Waals surface area contributed by atoms with E-state index in [-0.39, 0.29) is 13.2 Å². The first-order valence-electron chi connectivity index (χ1n) is 5.57. The third-order valence-electron chi connectivity index (χ3n) is 2.43. The molecule has 1 rings (SSSR count). The van der Waals surface area contributed by atoms with E-state index in [2.05, 4.69) is 25.9 Å². The molecule has 0 heterocycles. The van der Waals surface area contributed by atoms with E-state index in [0.717, 1.165) is 5.56 Å². The summed E-state index contributed by atoms with van der Waals surface area (Å²) >= 11 is 0. The van der Waals surface area contributed by atoms with Gasteiger partial charge in [0.05, 0.1) is 0 Å². The van der Waals surface area contributed by atoms with Crippen LogP contribution in [0.5, 0.6) is 0 Å². The molecule has 1 unspecified atom stereocenters. The molecular formula is C11H17N3O5. The molecule has 106 valence electrons. The van der Waals surface area contributed by atoms with Gasteiger partial charge in [-0.2, -0.15) is 0 Å². The first kappa shape index (κ1) is 15.3. The van der Waals surface area contributed by atoms with Crippen LogP contribution in [-0.4, -0.2) is 30.1 Å². The van der Waals surface area contributed by atoms with Crippen molar-refractivity contribution in [3.05, 3.63) is 35.4 Å². The van der Waals surface area contributed by atoms with Gasteiger partial charge in [-0.1, -0.05) is 24.3 Å². The van der Waals surface area contributed by atoms with E-state index >= 15 is 0 Å². The fraction of sp³-hybridized carbons (Fsp3) is 0.364. The normalized spacial score (nSPS) is 11.9. The Labute approximate surface area is 110 Å². The summed E-state index contributed by atoms with van der Waals surface area (Å²) in [5.41, 5.74) is 6.45. The van der Waals surface area contributed by atoms with Crippen molar-refractivity contribution in [3.8, 4) is 0 Å². The molecule has 0 aromatic heterocycles. The maximum absolute atomic E-state index is 10.9. The monoisotopic (exact) mass is 271 g/mol. The highest BCUT2D eigenvalue weighted by molar-refractivity contribution is 5.72. The molecule has 0 saturated heterocycles. The number of hydrogen-bond donors (Lipinski definition) is 5. The molecule has 8 heteroatoms. The van der Waals surface area contributed by atoms with Crippen molar-refractivity contribution in [3.63, 3.8) is 0 Å². The number of rotatable bonds is 7. The standard InChI is InChI=1S/C11H17N3O5/c1-12-11(15)14-13-6-10(19-17)9-4-2-8(3-5-9)7-18-16/h2-5,10,13,16-17H,6-7H2,1H3,(H2,12,14,15). The zero-order chi connectivity index (χ0) is 14.1. The second-order valence-corrected chi connectivity index (χ2v) is 3.69. The summed E-state index contributed by atoms with van der Waals surface area (Å²) in [5, 5.41) is 19.5. The van der Waals surface area contributed by atoms with Gasteiger partial charge in [0.15, 0.2) is 0 Å². The van der Waals surface area contributed by atoms with Crippen LogP contribution in [0.2, 0.25) is 0 Å². The maximum atomic E-state index is 10.9. The van der Waals surface area contributed by atoms with E-state index in [1.165, 1.54) is 7.05 Å². The van der Waals surface area contributed by atoms with Crippen LogP contribution in [0.15, 0.2) is 24.3 Å². The number of benzene rings is 1. The Morgan fingerprint density at radius 2 is 2.00 bits per heavy atom. The summed E-state index contributed by atoms with van der Waals surface area (Å²) in [5.74, 6) is 0. The Balaban J connectivity index is 2.51. The SMILES string of the molecule is CNC(=O)NNCC(OO)c1ccc(COO)cc1. The van der Waals surface area contributed by atoms with E-state index in [1.54, 1.807) is 24.3 Å². The van der Waals surface area contributed by atoms with Crippen LogP contribution >= 0.6 is 0 Å². The van der Waals surface area contributed by atoms with Gasteiger partial charge in [0, 0.05) is 13.6 Å². The van der Waals surface area contributed by atoms with Crippen molar-refractivity contribution in [1.82, 2.24) is 16.2 Å². The van der Waals surface area contributed by atoms with E-state index < -0.39 is 12.1 Å². The Hall–Kier alpha value is -1.71. The number of carbonyl (C=O) groups is 1. The van der Waals surface area contributed by atoms with Crippen LogP contribution in [0, 0.1) is 0 Å². The molecule has 1 atom stereocenters. The lowest BCUT2D eigenvalue weighted by Gasteiger charge is -2.15. The highest BCUT2D eigenvalue weighted by Crippen LogP contribution is 2.16. The average Bonchev–Trinajstić information content (AvgIpc) is 2.45. The average molecular weight is 271 g/mol. The van der Waals surface area contributed by atoms with Crippen molar-refractivity contribution in [1.29, 1.82) is 0 Å². The summed E-state index contributed by atoms with van der Waals surface area (Å²) in [6.45, 7) is 0.265. The van der Waals surface area contributed by atoms with E-state index in [0.29, 0.717) is 5.56 Å². The van der Waals surface area contributed by atoms with Gasteiger partial charge in [0.2, 0.25) is 0 Å². The third kappa shape index (κ3) is 5.20. The summed E-state index contributed by atoms with van der Waals surface area (Å²) in [7, 11) is 1.49. The Kier molecular flexibility index (Phi) is 6.79. The molecule has 0 aliphatic heterocycles. The van der Waals surface area contributed by atoms with Crippen molar-refractivity contribution < 1.29 is 25.1 Å². The second kappa shape index (κ2) is 8.40. The molecule has 1 aromatic rings. The Bertz CT molecular complexity index is 384. The smallest absolute Gasteiger partial charge is 0.328 e. The molecule has 0 bridgehead atoms. The van der Waals surface area contributed by atoms with Crippen LogP contribution in [0.25, 0.3) is 0 Å². The fourth-order valence-electron chi connectivity index (χ4n) is 1.41. The van der Waals surface area contributed by atoms with Gasteiger partial charge in [-0.25, -0.2) is 20.0 Å². The van der Waals surface area contributed by atoms with E-state index in [1.807, 2.05) is 0 Å². The van der Waals surface area contributed by atoms with Crippen LogP contribution in [0.4, 0.5) is 4.79 Å². The van der Waals surface area contributed by atoms with Crippen LogP contribution in [-0.2, 0) is 16.4 Å². The molecule has 8 nitrogen and oxygen atoms in total. The minimum absolute atomic E-state index is 0.0847. The molecule has 0 aliphatic rings. The number of hydrazine groups is 1. The minimum atomic E-state index is -0.638. The lowest BCUT2D eigenvalue weighted by atomic mass is 10.1. The Morgan fingerprint density at radius 3 is 2.53 bits per heavy atom. The van der Waals surface area contributed by atoms with Gasteiger partial charge in [-0.3, -0.25) is 15.9 Å². The molecule has 0 saturated carbocycles. The van der Waals surface area contributed by atoms with Crippen molar-refractivity contribution in [2.24, 2.45) is 0 Å². The molecule has 2 amide bonds. The molecular weight excluding hydrogens is 254 g/mol. The first-order chi connectivity index (χ1) is 9.21. The maximum Gasteiger partial charge on any atom is 0.328 e. The predicted octanol–water partition coefficient (Wildman–Crippen LogP) is 0.641. The van der Waals surface area contributed by atoms with E-state index in [9.17, 15) is 4.79 Å². The van der Waals surface area contributed by atoms with Crippen LogP contribution in [0.3, 0.4) is 0 Å². The molecule has 0 aliphatic carbocycles. The minimum Gasteiger partial charge on any atom is -0.340 e. The third-order valence-corrected chi connectivity index (χ3v) is 2.43. The molecule has 1 aromatic carbocycles. The van der Waals surface area contributed by atoms with Gasteiger partial charge < -0.3 is 5.32 Å². The van der Waals surface area contributed by atoms with E-state index in [4.69, 9.17) is 10.5 Å². The van der Waals surface area contributed by atoms with Gasteiger partial charge >= 0.3 is 6.03 Å². The lowest BCUT2D eigenvalue weighted by Crippen LogP contribution is -2.44. The second-order valence-electron chi connectivity index (χ2n) is 3.69.